The molecular formula is C8H19NO4S. The lowest BCUT2D eigenvalue weighted by Gasteiger charge is -2.20. The molecule has 0 rings (SSSR count). The molecule has 0 aromatic heterocycles. The van der Waals surface area contributed by atoms with Crippen LogP contribution in [0.1, 0.15) is 20.8 Å². The number of nitrogens with one attached hydrogen (secondary N) is 1. The Labute approximate surface area is 85.6 Å². The third-order valence-electron chi connectivity index (χ3n) is 1.39. The molecule has 5 nitrogen and oxygen atoms in total. The Balaban J connectivity index is 3.32. The first kappa shape index (κ1) is 13.8. The summed E-state index contributed by atoms with van der Waals surface area (Å²) in [5.41, 5.74) is 0.0341. The monoisotopic (exact) mass is 225 g/mol. The van der Waals surface area contributed by atoms with Crippen LogP contribution in [0, 0.1) is 0 Å². The number of rotatable bonds is 6. The van der Waals surface area contributed by atoms with Gasteiger partial charge in [0.25, 0.3) is 10.1 Å². The van der Waals surface area contributed by atoms with Crippen molar-refractivity contribution < 1.29 is 17.7 Å². The van der Waals surface area contributed by atoms with Gasteiger partial charge >= 0.3 is 0 Å². The topological polar surface area (TPSA) is 75.6 Å². The van der Waals surface area contributed by atoms with Gasteiger partial charge in [0.15, 0.2) is 0 Å². The van der Waals surface area contributed by atoms with E-state index in [0.717, 1.165) is 0 Å². The molecule has 0 unspecified atom stereocenters. The highest BCUT2D eigenvalue weighted by Gasteiger charge is 2.07. The Morgan fingerprint density at radius 2 is 1.86 bits per heavy atom. The molecule has 0 fully saturated rings. The van der Waals surface area contributed by atoms with Gasteiger partial charge in [-0.3, -0.25) is 4.55 Å². The predicted molar refractivity (Wildman–Crippen MR) is 55.0 cm³/mol. The fourth-order valence-electron chi connectivity index (χ4n) is 0.764. The summed E-state index contributed by atoms with van der Waals surface area (Å²) in [4.78, 5) is 0. The van der Waals surface area contributed by atoms with Gasteiger partial charge in [-0.2, -0.15) is 8.42 Å². The lowest BCUT2D eigenvalue weighted by Crippen LogP contribution is -2.38. The van der Waals surface area contributed by atoms with Crippen LogP contribution in [0.5, 0.6) is 0 Å². The average Bonchev–Trinajstić information content (AvgIpc) is 1.92. The molecule has 0 heterocycles. The SMILES string of the molecule is CC(C)(C)NCCOCCS(=O)(=O)O. The molecule has 86 valence electrons. The molecule has 0 aliphatic rings. The van der Waals surface area contributed by atoms with Crippen molar-refractivity contribution in [2.45, 2.75) is 26.3 Å². The first-order chi connectivity index (χ1) is 6.21. The molecule has 2 N–H and O–H groups in total. The summed E-state index contributed by atoms with van der Waals surface area (Å²) in [5.74, 6) is -0.345. The first-order valence-electron chi connectivity index (χ1n) is 4.49. The summed E-state index contributed by atoms with van der Waals surface area (Å²) in [6, 6.07) is 0. The van der Waals surface area contributed by atoms with Crippen molar-refractivity contribution in [3.05, 3.63) is 0 Å². The standard InChI is InChI=1S/C8H19NO4S/c1-8(2,3)9-4-5-13-6-7-14(10,11)12/h9H,4-7H2,1-3H3,(H,10,11,12). The van der Waals surface area contributed by atoms with E-state index in [0.29, 0.717) is 13.2 Å². The van der Waals surface area contributed by atoms with Gasteiger partial charge < -0.3 is 10.1 Å². The zero-order valence-corrected chi connectivity index (χ0v) is 9.73. The minimum absolute atomic E-state index is 0.0324. The predicted octanol–water partition coefficient (Wildman–Crippen LogP) is 0.279. The molecule has 0 aliphatic heterocycles. The van der Waals surface area contributed by atoms with Gasteiger partial charge in [-0.15, -0.1) is 0 Å². The summed E-state index contributed by atoms with van der Waals surface area (Å²) < 4.78 is 33.9. The third kappa shape index (κ3) is 11.8. The van der Waals surface area contributed by atoms with Crippen LogP contribution < -0.4 is 5.32 Å². The van der Waals surface area contributed by atoms with Crippen LogP contribution in [0.4, 0.5) is 0 Å². The maximum atomic E-state index is 10.3. The Hall–Kier alpha value is -0.170. The molecule has 14 heavy (non-hydrogen) atoms. The van der Waals surface area contributed by atoms with E-state index in [1.807, 2.05) is 20.8 Å². The molecule has 0 aromatic carbocycles. The summed E-state index contributed by atoms with van der Waals surface area (Å²) in [5, 5.41) is 3.18. The fourth-order valence-corrected chi connectivity index (χ4v) is 1.09. The van der Waals surface area contributed by atoms with Gasteiger partial charge in [-0.1, -0.05) is 0 Å². The third-order valence-corrected chi connectivity index (χ3v) is 2.07. The Morgan fingerprint density at radius 1 is 1.29 bits per heavy atom. The largest absolute Gasteiger partial charge is 0.379 e. The van der Waals surface area contributed by atoms with E-state index in [4.69, 9.17) is 9.29 Å². The second-order valence-electron chi connectivity index (χ2n) is 4.08. The van der Waals surface area contributed by atoms with Crippen molar-refractivity contribution >= 4 is 10.1 Å². The van der Waals surface area contributed by atoms with E-state index in [-0.39, 0.29) is 17.9 Å². The summed E-state index contributed by atoms with van der Waals surface area (Å²) in [6.07, 6.45) is 0. The maximum absolute atomic E-state index is 10.3. The Kier molecular flexibility index (Phi) is 5.58. The second-order valence-corrected chi connectivity index (χ2v) is 5.65. The molecule has 0 spiro atoms. The molecular weight excluding hydrogens is 206 g/mol. The fraction of sp³-hybridized carbons (Fsp3) is 1.00. The molecule has 0 saturated carbocycles. The second kappa shape index (κ2) is 5.65. The van der Waals surface area contributed by atoms with Crippen LogP contribution >= 0.6 is 0 Å². The van der Waals surface area contributed by atoms with Gasteiger partial charge in [-0.05, 0) is 20.8 Å². The smallest absolute Gasteiger partial charge is 0.267 e. The van der Waals surface area contributed by atoms with Gasteiger partial charge in [-0.25, -0.2) is 0 Å². The van der Waals surface area contributed by atoms with Crippen LogP contribution in [-0.4, -0.2) is 44.0 Å². The van der Waals surface area contributed by atoms with Crippen molar-refractivity contribution in [1.82, 2.24) is 5.32 Å². The molecule has 0 bridgehead atoms. The average molecular weight is 225 g/mol. The van der Waals surface area contributed by atoms with Crippen molar-refractivity contribution in [1.29, 1.82) is 0 Å². The minimum Gasteiger partial charge on any atom is -0.379 e. The highest BCUT2D eigenvalue weighted by atomic mass is 32.2. The zero-order chi connectivity index (χ0) is 11.2. The van der Waals surface area contributed by atoms with Crippen LogP contribution in [0.2, 0.25) is 0 Å². The van der Waals surface area contributed by atoms with E-state index in [1.54, 1.807) is 0 Å². The number of ether oxygens (including phenoxy) is 1. The molecule has 0 aliphatic carbocycles. The van der Waals surface area contributed by atoms with Gasteiger partial charge in [0.2, 0.25) is 0 Å². The molecule has 0 saturated heterocycles. The van der Waals surface area contributed by atoms with Gasteiger partial charge in [0.1, 0.15) is 0 Å². The van der Waals surface area contributed by atoms with Crippen LogP contribution in [0.3, 0.4) is 0 Å². The van der Waals surface area contributed by atoms with Crippen LogP contribution in [0.25, 0.3) is 0 Å². The van der Waals surface area contributed by atoms with E-state index < -0.39 is 10.1 Å². The molecule has 0 radical (unpaired) electrons. The Morgan fingerprint density at radius 3 is 2.29 bits per heavy atom. The number of hydrogen-bond donors (Lipinski definition) is 2. The molecule has 0 amide bonds. The van der Waals surface area contributed by atoms with Crippen LogP contribution in [0.15, 0.2) is 0 Å². The maximum Gasteiger partial charge on any atom is 0.267 e. The lowest BCUT2D eigenvalue weighted by molar-refractivity contribution is 0.144. The Bertz CT molecular complexity index is 243. The molecule has 0 atom stereocenters. The van der Waals surface area contributed by atoms with Gasteiger partial charge in [0.05, 0.1) is 19.0 Å². The van der Waals surface area contributed by atoms with Crippen molar-refractivity contribution in [3.8, 4) is 0 Å². The zero-order valence-electron chi connectivity index (χ0n) is 8.91. The van der Waals surface area contributed by atoms with Crippen molar-refractivity contribution in [3.63, 3.8) is 0 Å². The van der Waals surface area contributed by atoms with Crippen LogP contribution in [-0.2, 0) is 14.9 Å². The lowest BCUT2D eigenvalue weighted by atomic mass is 10.1. The first-order valence-corrected chi connectivity index (χ1v) is 6.09. The summed E-state index contributed by atoms with van der Waals surface area (Å²) >= 11 is 0. The highest BCUT2D eigenvalue weighted by Crippen LogP contribution is 1.96. The minimum atomic E-state index is -3.89. The normalized spacial score (nSPS) is 13.1. The summed E-state index contributed by atoms with van der Waals surface area (Å²) in [6.45, 7) is 7.23. The number of hydrogen-bond acceptors (Lipinski definition) is 4. The van der Waals surface area contributed by atoms with Crippen molar-refractivity contribution in [2.24, 2.45) is 0 Å². The van der Waals surface area contributed by atoms with E-state index >= 15 is 0 Å². The van der Waals surface area contributed by atoms with E-state index in [1.165, 1.54) is 0 Å². The van der Waals surface area contributed by atoms with Gasteiger partial charge in [0, 0.05) is 12.1 Å². The van der Waals surface area contributed by atoms with Crippen molar-refractivity contribution in [2.75, 3.05) is 25.5 Å². The molecule has 6 heteroatoms. The summed E-state index contributed by atoms with van der Waals surface area (Å²) in [7, 11) is -3.89. The van der Waals surface area contributed by atoms with E-state index in [2.05, 4.69) is 5.32 Å². The van der Waals surface area contributed by atoms with E-state index in [9.17, 15) is 8.42 Å². The molecule has 0 aromatic rings. The highest BCUT2D eigenvalue weighted by molar-refractivity contribution is 7.85. The quantitative estimate of drug-likeness (QED) is 0.501.